The minimum atomic E-state index is 0.883. The van der Waals surface area contributed by atoms with Gasteiger partial charge in [-0.05, 0) is 6.92 Å². The van der Waals surface area contributed by atoms with Crippen LogP contribution >= 0.6 is 11.3 Å². The van der Waals surface area contributed by atoms with Gasteiger partial charge in [0, 0.05) is 18.1 Å². The van der Waals surface area contributed by atoms with Crippen molar-refractivity contribution in [1.82, 2.24) is 14.5 Å². The molecule has 0 bridgehead atoms. The third kappa shape index (κ3) is 1.14. The summed E-state index contributed by atoms with van der Waals surface area (Å²) < 4.78 is 1.85. The number of imidazole rings is 1. The van der Waals surface area contributed by atoms with Crippen molar-refractivity contribution >= 4 is 11.3 Å². The summed E-state index contributed by atoms with van der Waals surface area (Å²) in [6.07, 6.45) is 4.61. The van der Waals surface area contributed by atoms with Gasteiger partial charge in [0.25, 0.3) is 0 Å². The molecule has 0 aliphatic carbocycles. The minimum absolute atomic E-state index is 0.883. The summed E-state index contributed by atoms with van der Waals surface area (Å²) in [5, 5.41) is 2.97. The Morgan fingerprint density at radius 3 is 2.92 bits per heavy atom. The van der Waals surface area contributed by atoms with Crippen LogP contribution in [0.25, 0.3) is 10.8 Å². The van der Waals surface area contributed by atoms with Crippen molar-refractivity contribution in [2.24, 2.45) is 7.05 Å². The van der Waals surface area contributed by atoms with Gasteiger partial charge in [-0.2, -0.15) is 0 Å². The lowest BCUT2D eigenvalue weighted by atomic mass is 10.5. The van der Waals surface area contributed by atoms with Crippen LogP contribution in [0.1, 0.15) is 5.69 Å². The predicted octanol–water partition coefficient (Wildman–Crippen LogP) is 1.65. The highest BCUT2D eigenvalue weighted by Gasteiger charge is 2.06. The number of nitrogens with zero attached hydrogens (tertiary/aromatic N) is 3. The number of aryl methyl sites for hydroxylation is 2. The van der Waals surface area contributed by atoms with E-state index in [4.69, 9.17) is 0 Å². The van der Waals surface area contributed by atoms with E-state index in [2.05, 4.69) is 16.2 Å². The fraction of sp³-hybridized carbons (Fsp3) is 0.250. The van der Waals surface area contributed by atoms with E-state index in [0.717, 1.165) is 16.5 Å². The first-order valence-electron chi connectivity index (χ1n) is 3.59. The summed E-state index contributed by atoms with van der Waals surface area (Å²) >= 11 is 1.61. The molecular weight excluding hydrogens is 170 g/mol. The van der Waals surface area contributed by atoms with Gasteiger partial charge in [-0.25, -0.2) is 9.97 Å². The molecular formula is C8H8N3S. The summed E-state index contributed by atoms with van der Waals surface area (Å²) in [7, 11) is 1.92. The number of rotatable bonds is 1. The van der Waals surface area contributed by atoms with Gasteiger partial charge in [0.2, 0.25) is 0 Å². The number of hydrogen-bond acceptors (Lipinski definition) is 3. The highest BCUT2D eigenvalue weighted by Crippen LogP contribution is 2.20. The van der Waals surface area contributed by atoms with Crippen LogP contribution in [0.4, 0.5) is 0 Å². The first-order chi connectivity index (χ1) is 5.77. The van der Waals surface area contributed by atoms with Gasteiger partial charge >= 0.3 is 0 Å². The molecule has 1 radical (unpaired) electrons. The Bertz CT molecular complexity index is 388. The standard InChI is InChI=1S/C8H8N3S/c1-6-5-12-8(10-6)7-9-3-4-11(7)2/h3,5H,1-2H3. The van der Waals surface area contributed by atoms with Crippen molar-refractivity contribution < 1.29 is 0 Å². The number of aromatic nitrogens is 3. The Labute approximate surface area is 74.7 Å². The second-order valence-corrected chi connectivity index (χ2v) is 3.42. The second kappa shape index (κ2) is 2.71. The molecule has 2 rings (SSSR count). The molecule has 0 saturated heterocycles. The summed E-state index contributed by atoms with van der Waals surface area (Å²) in [4.78, 5) is 8.48. The van der Waals surface area contributed by atoms with E-state index in [0.29, 0.717) is 0 Å². The molecule has 0 unspecified atom stereocenters. The molecule has 0 saturated carbocycles. The number of hydrogen-bond donors (Lipinski definition) is 0. The van der Waals surface area contributed by atoms with Crippen LogP contribution in [-0.2, 0) is 7.05 Å². The molecule has 61 valence electrons. The van der Waals surface area contributed by atoms with E-state index < -0.39 is 0 Å². The van der Waals surface area contributed by atoms with Crippen LogP contribution in [0.15, 0.2) is 11.6 Å². The van der Waals surface area contributed by atoms with E-state index in [9.17, 15) is 0 Å². The van der Waals surface area contributed by atoms with Crippen molar-refractivity contribution in [3.05, 3.63) is 23.5 Å². The van der Waals surface area contributed by atoms with Crippen LogP contribution in [0.5, 0.6) is 0 Å². The molecule has 0 aliphatic heterocycles. The molecule has 0 aliphatic rings. The van der Waals surface area contributed by atoms with Gasteiger partial charge < -0.3 is 4.57 Å². The quantitative estimate of drug-likeness (QED) is 0.664. The molecule has 0 atom stereocenters. The Hall–Kier alpha value is -1.16. The predicted molar refractivity (Wildman–Crippen MR) is 47.9 cm³/mol. The fourth-order valence-electron chi connectivity index (χ4n) is 0.980. The fourth-order valence-corrected chi connectivity index (χ4v) is 1.81. The summed E-state index contributed by atoms with van der Waals surface area (Å²) in [6.45, 7) is 1.98. The van der Waals surface area contributed by atoms with Gasteiger partial charge in [-0.1, -0.05) is 0 Å². The number of thiazole rings is 1. The van der Waals surface area contributed by atoms with E-state index in [-0.39, 0.29) is 0 Å². The Balaban J connectivity index is 2.50. The zero-order valence-corrected chi connectivity index (χ0v) is 7.72. The molecule has 0 N–H and O–H groups in total. The molecule has 0 aromatic carbocycles. The van der Waals surface area contributed by atoms with E-state index >= 15 is 0 Å². The highest BCUT2D eigenvalue weighted by molar-refractivity contribution is 7.13. The molecule has 2 heterocycles. The second-order valence-electron chi connectivity index (χ2n) is 2.56. The maximum Gasteiger partial charge on any atom is 0.169 e. The third-order valence-corrected chi connectivity index (χ3v) is 2.52. The summed E-state index contributed by atoms with van der Waals surface area (Å²) in [6, 6.07) is 0. The zero-order chi connectivity index (χ0) is 8.55. The first kappa shape index (κ1) is 7.49. The molecule has 0 spiro atoms. The van der Waals surface area contributed by atoms with Gasteiger partial charge in [-0.3, -0.25) is 0 Å². The molecule has 4 heteroatoms. The van der Waals surface area contributed by atoms with Crippen molar-refractivity contribution in [2.75, 3.05) is 0 Å². The largest absolute Gasteiger partial charge is 0.324 e. The Morgan fingerprint density at radius 1 is 1.58 bits per heavy atom. The van der Waals surface area contributed by atoms with Crippen LogP contribution in [-0.4, -0.2) is 14.5 Å². The summed E-state index contributed by atoms with van der Waals surface area (Å²) in [5.74, 6) is 0.883. The van der Waals surface area contributed by atoms with Crippen LogP contribution in [0.3, 0.4) is 0 Å². The average Bonchev–Trinajstić information content (AvgIpc) is 2.58. The first-order valence-corrected chi connectivity index (χ1v) is 4.47. The van der Waals surface area contributed by atoms with Gasteiger partial charge in [0.15, 0.2) is 10.8 Å². The molecule has 12 heavy (non-hydrogen) atoms. The SMILES string of the molecule is Cc1csc(-c2nc[c]n2C)n1. The Morgan fingerprint density at radius 2 is 2.42 bits per heavy atom. The molecule has 2 aromatic heterocycles. The van der Waals surface area contributed by atoms with E-state index in [1.165, 1.54) is 0 Å². The lowest BCUT2D eigenvalue weighted by molar-refractivity contribution is 0.914. The van der Waals surface area contributed by atoms with Gasteiger partial charge in [0.05, 0.1) is 12.4 Å². The van der Waals surface area contributed by atoms with Crippen molar-refractivity contribution in [3.8, 4) is 10.8 Å². The monoisotopic (exact) mass is 178 g/mol. The summed E-state index contributed by atoms with van der Waals surface area (Å²) in [5.41, 5.74) is 1.04. The maximum absolute atomic E-state index is 4.33. The maximum atomic E-state index is 4.33. The van der Waals surface area contributed by atoms with Crippen molar-refractivity contribution in [2.45, 2.75) is 6.92 Å². The van der Waals surface area contributed by atoms with Crippen molar-refractivity contribution in [3.63, 3.8) is 0 Å². The minimum Gasteiger partial charge on any atom is -0.324 e. The molecule has 0 amide bonds. The van der Waals surface area contributed by atoms with Crippen LogP contribution < -0.4 is 0 Å². The lowest BCUT2D eigenvalue weighted by Crippen LogP contribution is -1.90. The molecule has 2 aromatic rings. The Kier molecular flexibility index (Phi) is 1.69. The van der Waals surface area contributed by atoms with Crippen LogP contribution in [0.2, 0.25) is 0 Å². The van der Waals surface area contributed by atoms with Gasteiger partial charge in [-0.15, -0.1) is 11.3 Å². The molecule has 0 fully saturated rings. The van der Waals surface area contributed by atoms with E-state index in [1.54, 1.807) is 17.5 Å². The van der Waals surface area contributed by atoms with E-state index in [1.807, 2.05) is 23.9 Å². The molecule has 3 nitrogen and oxygen atoms in total. The lowest BCUT2D eigenvalue weighted by Gasteiger charge is -1.93. The normalized spacial score (nSPS) is 10.5. The topological polar surface area (TPSA) is 30.7 Å². The van der Waals surface area contributed by atoms with Gasteiger partial charge in [0.1, 0.15) is 0 Å². The smallest absolute Gasteiger partial charge is 0.169 e. The van der Waals surface area contributed by atoms with Crippen LogP contribution in [0, 0.1) is 13.1 Å². The van der Waals surface area contributed by atoms with Crippen molar-refractivity contribution in [1.29, 1.82) is 0 Å². The third-order valence-electron chi connectivity index (χ3n) is 1.57. The highest BCUT2D eigenvalue weighted by atomic mass is 32.1. The zero-order valence-electron chi connectivity index (χ0n) is 6.90. The average molecular weight is 178 g/mol.